The van der Waals surface area contributed by atoms with Gasteiger partial charge >= 0.3 is 0 Å². The normalized spacial score (nSPS) is 31.7. The third-order valence-electron chi connectivity index (χ3n) is 2.45. The SMILES string of the molecule is COCC1CS(=O)(=O)CC(COC)N1N. The Kier molecular flexibility index (Phi) is 4.47. The fraction of sp³-hybridized carbons (Fsp3) is 1.00. The van der Waals surface area contributed by atoms with Crippen LogP contribution in [0.4, 0.5) is 0 Å². The highest BCUT2D eigenvalue weighted by Gasteiger charge is 2.36. The van der Waals surface area contributed by atoms with Crippen molar-refractivity contribution in [1.29, 1.82) is 0 Å². The predicted octanol–water partition coefficient (Wildman–Crippen LogP) is -1.38. The molecule has 7 heteroatoms. The maximum absolute atomic E-state index is 11.6. The number of sulfone groups is 1. The van der Waals surface area contributed by atoms with Gasteiger partial charge in [0.2, 0.25) is 0 Å². The fourth-order valence-corrected chi connectivity index (χ4v) is 3.62. The zero-order valence-corrected chi connectivity index (χ0v) is 9.87. The quantitative estimate of drug-likeness (QED) is 0.608. The fourth-order valence-electron chi connectivity index (χ4n) is 1.78. The number of methoxy groups -OCH3 is 2. The Bertz CT molecular complexity index is 271. The van der Waals surface area contributed by atoms with Gasteiger partial charge in [0.1, 0.15) is 0 Å². The molecule has 0 aromatic carbocycles. The minimum atomic E-state index is -3.04. The Morgan fingerprint density at radius 2 is 1.60 bits per heavy atom. The molecule has 1 aliphatic heterocycles. The second kappa shape index (κ2) is 5.22. The molecular formula is C8H18N2O4S. The molecule has 2 unspecified atom stereocenters. The van der Waals surface area contributed by atoms with Crippen LogP contribution >= 0.6 is 0 Å². The first kappa shape index (κ1) is 12.9. The minimum Gasteiger partial charge on any atom is -0.383 e. The Morgan fingerprint density at radius 3 is 1.93 bits per heavy atom. The molecule has 0 aromatic heterocycles. The van der Waals surface area contributed by atoms with Crippen molar-refractivity contribution in [3.8, 4) is 0 Å². The average molecular weight is 238 g/mol. The molecule has 1 saturated heterocycles. The van der Waals surface area contributed by atoms with E-state index in [9.17, 15) is 8.42 Å². The molecular weight excluding hydrogens is 220 g/mol. The highest BCUT2D eigenvalue weighted by molar-refractivity contribution is 7.91. The topological polar surface area (TPSA) is 81.9 Å². The first-order chi connectivity index (χ1) is 7.00. The van der Waals surface area contributed by atoms with E-state index in [0.29, 0.717) is 13.2 Å². The molecule has 0 amide bonds. The number of nitrogens with two attached hydrogens (primary N) is 1. The van der Waals surface area contributed by atoms with Crippen molar-refractivity contribution in [1.82, 2.24) is 5.01 Å². The van der Waals surface area contributed by atoms with Gasteiger partial charge in [-0.3, -0.25) is 5.84 Å². The summed E-state index contributed by atoms with van der Waals surface area (Å²) in [4.78, 5) is 0. The molecule has 0 radical (unpaired) electrons. The standard InChI is InChI=1S/C8H18N2O4S/c1-13-3-7-5-15(11,12)6-8(4-14-2)10(7)9/h7-8H,3-6,9H2,1-2H3. The van der Waals surface area contributed by atoms with E-state index >= 15 is 0 Å². The van der Waals surface area contributed by atoms with Crippen LogP contribution in [0.2, 0.25) is 0 Å². The number of hydrazine groups is 1. The third kappa shape index (κ3) is 3.39. The maximum Gasteiger partial charge on any atom is 0.153 e. The number of hydrogen-bond acceptors (Lipinski definition) is 6. The summed E-state index contributed by atoms with van der Waals surface area (Å²) >= 11 is 0. The molecule has 0 saturated carbocycles. The maximum atomic E-state index is 11.6. The Labute approximate surface area is 90.2 Å². The molecule has 1 heterocycles. The van der Waals surface area contributed by atoms with Gasteiger partial charge in [0.25, 0.3) is 0 Å². The van der Waals surface area contributed by atoms with Crippen molar-refractivity contribution >= 4 is 9.84 Å². The second-order valence-corrected chi connectivity index (χ2v) is 5.90. The van der Waals surface area contributed by atoms with Crippen LogP contribution in [0, 0.1) is 0 Å². The molecule has 0 bridgehead atoms. The highest BCUT2D eigenvalue weighted by atomic mass is 32.2. The van der Waals surface area contributed by atoms with Gasteiger partial charge in [-0.05, 0) is 0 Å². The van der Waals surface area contributed by atoms with Gasteiger partial charge in [0, 0.05) is 14.2 Å². The van der Waals surface area contributed by atoms with Crippen molar-refractivity contribution in [2.45, 2.75) is 12.1 Å². The molecule has 1 aliphatic rings. The summed E-state index contributed by atoms with van der Waals surface area (Å²) in [6.45, 7) is 0.631. The van der Waals surface area contributed by atoms with Crippen molar-refractivity contribution in [2.24, 2.45) is 5.84 Å². The highest BCUT2D eigenvalue weighted by Crippen LogP contribution is 2.14. The van der Waals surface area contributed by atoms with E-state index in [1.54, 1.807) is 0 Å². The van der Waals surface area contributed by atoms with Gasteiger partial charge in [-0.15, -0.1) is 0 Å². The smallest absolute Gasteiger partial charge is 0.153 e. The number of rotatable bonds is 4. The second-order valence-electron chi connectivity index (χ2n) is 3.74. The number of nitrogens with zero attached hydrogens (tertiary/aromatic N) is 1. The van der Waals surface area contributed by atoms with Gasteiger partial charge in [0.05, 0.1) is 36.8 Å². The van der Waals surface area contributed by atoms with E-state index in [0.717, 1.165) is 0 Å². The Balaban J connectivity index is 2.74. The van der Waals surface area contributed by atoms with Crippen LogP contribution in [0.25, 0.3) is 0 Å². The van der Waals surface area contributed by atoms with E-state index < -0.39 is 9.84 Å². The molecule has 6 nitrogen and oxygen atoms in total. The molecule has 2 N–H and O–H groups in total. The first-order valence-corrected chi connectivity index (χ1v) is 6.53. The summed E-state index contributed by atoms with van der Waals surface area (Å²) < 4.78 is 33.0. The van der Waals surface area contributed by atoms with Gasteiger partial charge < -0.3 is 9.47 Å². The molecule has 0 spiro atoms. The Hall–Kier alpha value is -0.210. The summed E-state index contributed by atoms with van der Waals surface area (Å²) in [6.07, 6.45) is 0. The lowest BCUT2D eigenvalue weighted by Crippen LogP contribution is -2.60. The van der Waals surface area contributed by atoms with Crippen LogP contribution < -0.4 is 5.84 Å². The van der Waals surface area contributed by atoms with E-state index in [2.05, 4.69) is 0 Å². The van der Waals surface area contributed by atoms with Crippen LogP contribution in [-0.4, -0.2) is 64.4 Å². The largest absolute Gasteiger partial charge is 0.383 e. The van der Waals surface area contributed by atoms with Crippen molar-refractivity contribution < 1.29 is 17.9 Å². The molecule has 0 aliphatic carbocycles. The third-order valence-corrected chi connectivity index (χ3v) is 4.24. The lowest BCUT2D eigenvalue weighted by atomic mass is 10.2. The van der Waals surface area contributed by atoms with E-state index in [1.165, 1.54) is 19.2 Å². The summed E-state index contributed by atoms with van der Waals surface area (Å²) in [5.41, 5.74) is 0. The molecule has 2 atom stereocenters. The monoisotopic (exact) mass is 238 g/mol. The molecule has 15 heavy (non-hydrogen) atoms. The average Bonchev–Trinajstić information content (AvgIpc) is 2.13. The van der Waals surface area contributed by atoms with Gasteiger partial charge in [-0.1, -0.05) is 0 Å². The Morgan fingerprint density at radius 1 is 1.20 bits per heavy atom. The lowest BCUT2D eigenvalue weighted by molar-refractivity contribution is 0.0363. The van der Waals surface area contributed by atoms with Crippen molar-refractivity contribution in [3.63, 3.8) is 0 Å². The molecule has 0 aromatic rings. The van der Waals surface area contributed by atoms with Gasteiger partial charge in [-0.25, -0.2) is 13.4 Å². The number of ether oxygens (including phenoxy) is 2. The summed E-state index contributed by atoms with van der Waals surface area (Å²) in [6, 6.07) is -0.567. The van der Waals surface area contributed by atoms with E-state index in [-0.39, 0.29) is 23.6 Å². The van der Waals surface area contributed by atoms with Crippen LogP contribution in [0.15, 0.2) is 0 Å². The lowest BCUT2D eigenvalue weighted by Gasteiger charge is -2.37. The summed E-state index contributed by atoms with van der Waals surface area (Å²) in [5, 5.41) is 1.54. The van der Waals surface area contributed by atoms with Crippen LogP contribution in [0.1, 0.15) is 0 Å². The first-order valence-electron chi connectivity index (χ1n) is 4.71. The molecule has 1 fully saturated rings. The molecule has 1 rings (SSSR count). The van der Waals surface area contributed by atoms with Gasteiger partial charge in [0.15, 0.2) is 9.84 Å². The number of hydrogen-bond donors (Lipinski definition) is 1. The summed E-state index contributed by atoms with van der Waals surface area (Å²) in [7, 11) is 0.0163. The zero-order chi connectivity index (χ0) is 11.5. The van der Waals surface area contributed by atoms with Crippen LogP contribution in [0.3, 0.4) is 0 Å². The van der Waals surface area contributed by atoms with Crippen molar-refractivity contribution in [2.75, 3.05) is 38.9 Å². The zero-order valence-electron chi connectivity index (χ0n) is 9.05. The predicted molar refractivity (Wildman–Crippen MR) is 56.0 cm³/mol. The van der Waals surface area contributed by atoms with Crippen LogP contribution in [-0.2, 0) is 19.3 Å². The van der Waals surface area contributed by atoms with Crippen LogP contribution in [0.5, 0.6) is 0 Å². The molecule has 90 valence electrons. The van der Waals surface area contributed by atoms with E-state index in [4.69, 9.17) is 15.3 Å². The van der Waals surface area contributed by atoms with E-state index in [1.807, 2.05) is 0 Å². The summed E-state index contributed by atoms with van der Waals surface area (Å²) in [5.74, 6) is 5.93. The van der Waals surface area contributed by atoms with Crippen molar-refractivity contribution in [3.05, 3.63) is 0 Å². The van der Waals surface area contributed by atoms with Gasteiger partial charge in [-0.2, -0.15) is 0 Å². The minimum absolute atomic E-state index is 0.0531.